The number of ether oxygens (including phenoxy) is 2. The summed E-state index contributed by atoms with van der Waals surface area (Å²) in [6.07, 6.45) is 0. The molecule has 0 aromatic heterocycles. The number of nitrogens with zero attached hydrogens (tertiary/aromatic N) is 1. The molecule has 1 aliphatic rings. The summed E-state index contributed by atoms with van der Waals surface area (Å²) in [6, 6.07) is 21.7. The Hall–Kier alpha value is -3.34. The molecule has 0 amide bonds. The van der Waals surface area contributed by atoms with Crippen LogP contribution in [-0.4, -0.2) is 24.4 Å². The molecule has 162 valence electrons. The molecule has 2 N–H and O–H groups in total. The number of aromatic hydroxyl groups is 2. The first-order chi connectivity index (χ1) is 15.0. The molecule has 1 heterocycles. The average molecular weight is 420 g/mol. The second-order valence-corrected chi connectivity index (χ2v) is 8.21. The summed E-state index contributed by atoms with van der Waals surface area (Å²) in [7, 11) is 3.14. The van der Waals surface area contributed by atoms with Crippen molar-refractivity contribution in [1.82, 2.24) is 0 Å². The summed E-state index contributed by atoms with van der Waals surface area (Å²) < 4.78 is 10.8. The number of para-hydroxylation sites is 1. The van der Waals surface area contributed by atoms with Gasteiger partial charge in [0.2, 0.25) is 0 Å². The molecule has 31 heavy (non-hydrogen) atoms. The molecule has 3 aromatic carbocycles. The van der Waals surface area contributed by atoms with Crippen LogP contribution < -0.4 is 14.4 Å². The van der Waals surface area contributed by atoms with Crippen molar-refractivity contribution in [2.75, 3.05) is 19.1 Å². The van der Waals surface area contributed by atoms with E-state index in [0.29, 0.717) is 23.3 Å². The van der Waals surface area contributed by atoms with E-state index in [9.17, 15) is 10.2 Å². The maximum Gasteiger partial charge on any atom is 0.160 e. The standard InChI is InChI=1S/C26H29NO4/c1-16-17(2)26(19-11-13-22(29)24(15-19)31-4)27(20-8-6-5-7-9-20)25(16)18-10-12-21(28)23(14-18)30-3/h5-17,25-26,28-29H,1-4H3/t16-,17-,25-,26-/m0/s1. The quantitative estimate of drug-likeness (QED) is 0.556. The minimum Gasteiger partial charge on any atom is -0.504 e. The summed E-state index contributed by atoms with van der Waals surface area (Å²) in [5.74, 6) is 1.85. The first-order valence-electron chi connectivity index (χ1n) is 10.5. The Morgan fingerprint density at radius 2 is 1.13 bits per heavy atom. The molecule has 5 heteroatoms. The first-order valence-corrected chi connectivity index (χ1v) is 10.5. The van der Waals surface area contributed by atoms with E-state index < -0.39 is 0 Å². The van der Waals surface area contributed by atoms with Crippen LogP contribution in [0, 0.1) is 11.8 Å². The van der Waals surface area contributed by atoms with Gasteiger partial charge in [-0.05, 0) is 59.4 Å². The fourth-order valence-corrected chi connectivity index (χ4v) is 4.86. The van der Waals surface area contributed by atoms with Gasteiger partial charge in [0.05, 0.1) is 26.3 Å². The molecule has 0 radical (unpaired) electrons. The number of phenolic OH excluding ortho intramolecular Hbond substituents is 2. The Bertz CT molecular complexity index is 987. The van der Waals surface area contributed by atoms with E-state index in [-0.39, 0.29) is 23.6 Å². The van der Waals surface area contributed by atoms with Gasteiger partial charge in [-0.2, -0.15) is 0 Å². The number of benzene rings is 3. The molecule has 0 unspecified atom stereocenters. The highest BCUT2D eigenvalue weighted by molar-refractivity contribution is 5.56. The van der Waals surface area contributed by atoms with E-state index >= 15 is 0 Å². The van der Waals surface area contributed by atoms with Gasteiger partial charge >= 0.3 is 0 Å². The van der Waals surface area contributed by atoms with E-state index in [4.69, 9.17) is 9.47 Å². The second kappa shape index (κ2) is 8.42. The van der Waals surface area contributed by atoms with Crippen LogP contribution in [0.4, 0.5) is 5.69 Å². The van der Waals surface area contributed by atoms with Gasteiger partial charge < -0.3 is 24.6 Å². The van der Waals surface area contributed by atoms with Gasteiger partial charge in [0.1, 0.15) is 0 Å². The maximum atomic E-state index is 10.1. The lowest BCUT2D eigenvalue weighted by Crippen LogP contribution is -2.28. The molecular weight excluding hydrogens is 390 g/mol. The number of phenols is 2. The Morgan fingerprint density at radius 1 is 0.677 bits per heavy atom. The molecule has 4 rings (SSSR count). The second-order valence-electron chi connectivity index (χ2n) is 8.21. The normalized spacial score (nSPS) is 23.0. The van der Waals surface area contributed by atoms with Crippen LogP contribution in [-0.2, 0) is 0 Å². The molecule has 3 aromatic rings. The van der Waals surface area contributed by atoms with E-state index in [1.54, 1.807) is 26.4 Å². The first kappa shape index (κ1) is 20.9. The van der Waals surface area contributed by atoms with E-state index in [0.717, 1.165) is 16.8 Å². The smallest absolute Gasteiger partial charge is 0.160 e. The molecule has 0 spiro atoms. The van der Waals surface area contributed by atoms with Crippen molar-refractivity contribution in [2.24, 2.45) is 11.8 Å². The Morgan fingerprint density at radius 3 is 1.55 bits per heavy atom. The minimum absolute atomic E-state index is 0.0803. The third-order valence-electron chi connectivity index (χ3n) is 6.57. The summed E-state index contributed by atoms with van der Waals surface area (Å²) in [5.41, 5.74) is 3.30. The number of hydrogen-bond acceptors (Lipinski definition) is 5. The summed E-state index contributed by atoms with van der Waals surface area (Å²) in [5, 5.41) is 20.2. The van der Waals surface area contributed by atoms with Gasteiger partial charge in [-0.15, -0.1) is 0 Å². The third kappa shape index (κ3) is 3.65. The van der Waals surface area contributed by atoms with Crippen molar-refractivity contribution in [3.63, 3.8) is 0 Å². The van der Waals surface area contributed by atoms with Crippen LogP contribution >= 0.6 is 0 Å². The van der Waals surface area contributed by atoms with Crippen LogP contribution in [0.15, 0.2) is 66.7 Å². The van der Waals surface area contributed by atoms with Gasteiger partial charge in [0.25, 0.3) is 0 Å². The van der Waals surface area contributed by atoms with Crippen LogP contribution in [0.5, 0.6) is 23.0 Å². The van der Waals surface area contributed by atoms with Gasteiger partial charge in [-0.1, -0.05) is 44.2 Å². The fraction of sp³-hybridized carbons (Fsp3) is 0.308. The van der Waals surface area contributed by atoms with Gasteiger partial charge in [0.15, 0.2) is 23.0 Å². The number of rotatable bonds is 5. The van der Waals surface area contributed by atoms with E-state index in [2.05, 4.69) is 30.9 Å². The number of methoxy groups -OCH3 is 2. The van der Waals surface area contributed by atoms with Crippen molar-refractivity contribution in [2.45, 2.75) is 25.9 Å². The summed E-state index contributed by atoms with van der Waals surface area (Å²) in [6.45, 7) is 4.53. The topological polar surface area (TPSA) is 62.2 Å². The van der Waals surface area contributed by atoms with E-state index in [1.807, 2.05) is 42.5 Å². The largest absolute Gasteiger partial charge is 0.504 e. The lowest BCUT2D eigenvalue weighted by atomic mass is 9.85. The highest BCUT2D eigenvalue weighted by atomic mass is 16.5. The zero-order valence-corrected chi connectivity index (χ0v) is 18.3. The predicted octanol–water partition coefficient (Wildman–Crippen LogP) is 5.69. The Kier molecular flexibility index (Phi) is 5.68. The lowest BCUT2D eigenvalue weighted by Gasteiger charge is -2.35. The van der Waals surface area contributed by atoms with Crippen LogP contribution in [0.1, 0.15) is 37.1 Å². The Labute approximate surface area is 183 Å². The summed E-state index contributed by atoms with van der Waals surface area (Å²) >= 11 is 0. The molecule has 5 nitrogen and oxygen atoms in total. The highest BCUT2D eigenvalue weighted by Gasteiger charge is 2.46. The van der Waals surface area contributed by atoms with Crippen molar-refractivity contribution < 1.29 is 19.7 Å². The fourth-order valence-electron chi connectivity index (χ4n) is 4.86. The number of anilines is 1. The highest BCUT2D eigenvalue weighted by Crippen LogP contribution is 2.54. The van der Waals surface area contributed by atoms with Gasteiger partial charge in [-0.3, -0.25) is 0 Å². The SMILES string of the molecule is COc1cc([C@@H]2[C@@H](C)[C@H](C)[C@@H](c3ccc(O)c(OC)c3)N2c2ccccc2)ccc1O. The van der Waals surface area contributed by atoms with Crippen molar-refractivity contribution in [1.29, 1.82) is 0 Å². The summed E-state index contributed by atoms with van der Waals surface area (Å²) in [4.78, 5) is 2.44. The van der Waals surface area contributed by atoms with Gasteiger partial charge in [-0.25, -0.2) is 0 Å². The maximum absolute atomic E-state index is 10.1. The predicted molar refractivity (Wildman–Crippen MR) is 122 cm³/mol. The molecule has 0 aliphatic carbocycles. The van der Waals surface area contributed by atoms with Crippen LogP contribution in [0.2, 0.25) is 0 Å². The molecule has 4 atom stereocenters. The van der Waals surface area contributed by atoms with Gasteiger partial charge in [0, 0.05) is 5.69 Å². The third-order valence-corrected chi connectivity index (χ3v) is 6.57. The van der Waals surface area contributed by atoms with Crippen molar-refractivity contribution >= 4 is 5.69 Å². The van der Waals surface area contributed by atoms with Crippen LogP contribution in [0.25, 0.3) is 0 Å². The minimum atomic E-state index is 0.0803. The van der Waals surface area contributed by atoms with Crippen LogP contribution in [0.3, 0.4) is 0 Å². The van der Waals surface area contributed by atoms with Crippen molar-refractivity contribution in [3.05, 3.63) is 77.9 Å². The molecular formula is C26H29NO4. The number of hydrogen-bond donors (Lipinski definition) is 2. The molecule has 0 bridgehead atoms. The molecule has 1 aliphatic heterocycles. The van der Waals surface area contributed by atoms with E-state index in [1.165, 1.54) is 0 Å². The zero-order valence-electron chi connectivity index (χ0n) is 18.3. The zero-order chi connectivity index (χ0) is 22.1. The average Bonchev–Trinajstić information content (AvgIpc) is 3.06. The lowest BCUT2D eigenvalue weighted by molar-refractivity contribution is 0.368. The Balaban J connectivity index is 1.87. The molecule has 1 fully saturated rings. The monoisotopic (exact) mass is 419 g/mol. The van der Waals surface area contributed by atoms with Crippen molar-refractivity contribution in [3.8, 4) is 23.0 Å². The molecule has 0 saturated carbocycles. The molecule has 1 saturated heterocycles.